The van der Waals surface area contributed by atoms with Gasteiger partial charge in [0.2, 0.25) is 5.91 Å². The maximum atomic E-state index is 12.8. The van der Waals surface area contributed by atoms with Gasteiger partial charge in [0, 0.05) is 5.02 Å². The van der Waals surface area contributed by atoms with E-state index in [0.29, 0.717) is 22.2 Å². The number of piperazine rings is 1. The van der Waals surface area contributed by atoms with Crippen LogP contribution < -0.4 is 10.2 Å². The SMILES string of the molecule is CCC1C(=O)NC(C2CC2)C(=O)N1c1cc(Cl)ccc1Cl. The molecular weight excluding hydrogens is 311 g/mol. The van der Waals surface area contributed by atoms with Gasteiger partial charge in [-0.15, -0.1) is 0 Å². The zero-order valence-electron chi connectivity index (χ0n) is 11.6. The highest BCUT2D eigenvalue weighted by Gasteiger charge is 2.47. The summed E-state index contributed by atoms with van der Waals surface area (Å²) in [5, 5.41) is 3.77. The lowest BCUT2D eigenvalue weighted by molar-refractivity contribution is -0.134. The van der Waals surface area contributed by atoms with Gasteiger partial charge in [0.1, 0.15) is 12.1 Å². The van der Waals surface area contributed by atoms with Crippen LogP contribution in [0.4, 0.5) is 5.69 Å². The first-order chi connectivity index (χ1) is 10.0. The maximum absolute atomic E-state index is 12.8. The zero-order chi connectivity index (χ0) is 15.1. The molecule has 1 saturated carbocycles. The van der Waals surface area contributed by atoms with E-state index in [1.54, 1.807) is 18.2 Å². The van der Waals surface area contributed by atoms with E-state index in [-0.39, 0.29) is 17.7 Å². The summed E-state index contributed by atoms with van der Waals surface area (Å²) in [4.78, 5) is 26.6. The highest BCUT2D eigenvalue weighted by molar-refractivity contribution is 6.36. The third kappa shape index (κ3) is 2.62. The lowest BCUT2D eigenvalue weighted by atomic mass is 10.0. The van der Waals surface area contributed by atoms with Crippen LogP contribution in [0.15, 0.2) is 18.2 Å². The molecule has 1 aromatic rings. The fraction of sp³-hybridized carbons (Fsp3) is 0.467. The molecule has 1 heterocycles. The summed E-state index contributed by atoms with van der Waals surface area (Å²) in [6.07, 6.45) is 2.48. The van der Waals surface area contributed by atoms with Crippen molar-refractivity contribution in [2.75, 3.05) is 4.90 Å². The normalized spacial score (nSPS) is 26.0. The van der Waals surface area contributed by atoms with Crippen molar-refractivity contribution >= 4 is 40.7 Å². The summed E-state index contributed by atoms with van der Waals surface area (Å²) >= 11 is 12.2. The molecule has 1 aromatic carbocycles. The molecule has 3 rings (SSSR count). The average Bonchev–Trinajstić information content (AvgIpc) is 3.28. The van der Waals surface area contributed by atoms with Gasteiger partial charge >= 0.3 is 0 Å². The van der Waals surface area contributed by atoms with Crippen LogP contribution in [0.1, 0.15) is 26.2 Å². The molecule has 0 bridgehead atoms. The smallest absolute Gasteiger partial charge is 0.250 e. The lowest BCUT2D eigenvalue weighted by Gasteiger charge is -2.39. The molecule has 2 unspecified atom stereocenters. The van der Waals surface area contributed by atoms with E-state index in [0.717, 1.165) is 12.8 Å². The van der Waals surface area contributed by atoms with Crippen molar-refractivity contribution in [2.24, 2.45) is 5.92 Å². The fourth-order valence-corrected chi connectivity index (χ4v) is 3.18. The molecule has 2 atom stereocenters. The Bertz CT molecular complexity index is 601. The predicted molar refractivity (Wildman–Crippen MR) is 82.7 cm³/mol. The number of anilines is 1. The molecule has 2 aliphatic rings. The van der Waals surface area contributed by atoms with Gasteiger partial charge in [-0.3, -0.25) is 14.5 Å². The second-order valence-corrected chi connectivity index (χ2v) is 6.40. The number of benzene rings is 1. The van der Waals surface area contributed by atoms with Crippen LogP contribution in [0.3, 0.4) is 0 Å². The minimum atomic E-state index is -0.538. The van der Waals surface area contributed by atoms with Crippen molar-refractivity contribution in [2.45, 2.75) is 38.3 Å². The van der Waals surface area contributed by atoms with Crippen molar-refractivity contribution < 1.29 is 9.59 Å². The molecular formula is C15H16Cl2N2O2. The number of hydrogen-bond acceptors (Lipinski definition) is 2. The van der Waals surface area contributed by atoms with Crippen molar-refractivity contribution in [1.29, 1.82) is 0 Å². The summed E-state index contributed by atoms with van der Waals surface area (Å²) in [6, 6.07) is 3.99. The van der Waals surface area contributed by atoms with Crippen molar-refractivity contribution in [1.82, 2.24) is 5.32 Å². The summed E-state index contributed by atoms with van der Waals surface area (Å²) < 4.78 is 0. The quantitative estimate of drug-likeness (QED) is 0.928. The van der Waals surface area contributed by atoms with Crippen LogP contribution in [-0.2, 0) is 9.59 Å². The van der Waals surface area contributed by atoms with E-state index in [1.807, 2.05) is 6.92 Å². The predicted octanol–water partition coefficient (Wildman–Crippen LogP) is 3.01. The second-order valence-electron chi connectivity index (χ2n) is 5.55. The third-order valence-corrected chi connectivity index (χ3v) is 4.62. The van der Waals surface area contributed by atoms with Gasteiger partial charge in [-0.2, -0.15) is 0 Å². The van der Waals surface area contributed by atoms with Gasteiger partial charge in [-0.05, 0) is 43.4 Å². The number of hydrogen-bond donors (Lipinski definition) is 1. The minimum absolute atomic E-state index is 0.0897. The van der Waals surface area contributed by atoms with E-state index in [9.17, 15) is 9.59 Å². The van der Waals surface area contributed by atoms with Crippen LogP contribution in [0.2, 0.25) is 10.0 Å². The number of rotatable bonds is 3. The van der Waals surface area contributed by atoms with E-state index >= 15 is 0 Å². The maximum Gasteiger partial charge on any atom is 0.250 e. The van der Waals surface area contributed by atoms with Crippen LogP contribution in [0.25, 0.3) is 0 Å². The van der Waals surface area contributed by atoms with Crippen LogP contribution in [0, 0.1) is 5.92 Å². The number of halogens is 2. The number of nitrogens with one attached hydrogen (secondary N) is 1. The molecule has 112 valence electrons. The molecule has 21 heavy (non-hydrogen) atoms. The van der Waals surface area contributed by atoms with Crippen molar-refractivity contribution in [3.8, 4) is 0 Å². The Morgan fingerprint density at radius 3 is 2.62 bits per heavy atom. The molecule has 1 aliphatic carbocycles. The van der Waals surface area contributed by atoms with E-state index in [2.05, 4.69) is 5.32 Å². The van der Waals surface area contributed by atoms with Crippen molar-refractivity contribution in [3.63, 3.8) is 0 Å². The van der Waals surface area contributed by atoms with Crippen LogP contribution >= 0.6 is 23.2 Å². The molecule has 1 saturated heterocycles. The summed E-state index contributed by atoms with van der Waals surface area (Å²) in [5.74, 6) is 0.0397. The van der Waals surface area contributed by atoms with E-state index in [1.165, 1.54) is 4.90 Å². The molecule has 2 amide bonds. The van der Waals surface area contributed by atoms with Gasteiger partial charge in [0.05, 0.1) is 10.7 Å². The topological polar surface area (TPSA) is 49.4 Å². The molecule has 0 aromatic heterocycles. The monoisotopic (exact) mass is 326 g/mol. The Morgan fingerprint density at radius 2 is 2.00 bits per heavy atom. The summed E-state index contributed by atoms with van der Waals surface area (Å²) in [5.41, 5.74) is 0.515. The summed E-state index contributed by atoms with van der Waals surface area (Å²) in [6.45, 7) is 1.88. The molecule has 0 spiro atoms. The first-order valence-corrected chi connectivity index (χ1v) is 7.87. The van der Waals surface area contributed by atoms with E-state index in [4.69, 9.17) is 23.2 Å². The molecule has 4 nitrogen and oxygen atoms in total. The lowest BCUT2D eigenvalue weighted by Crippen LogP contribution is -2.64. The summed E-state index contributed by atoms with van der Waals surface area (Å²) in [7, 11) is 0. The van der Waals surface area contributed by atoms with Gasteiger partial charge < -0.3 is 5.32 Å². The highest BCUT2D eigenvalue weighted by Crippen LogP contribution is 2.38. The molecule has 6 heteroatoms. The zero-order valence-corrected chi connectivity index (χ0v) is 13.1. The fourth-order valence-electron chi connectivity index (χ4n) is 2.81. The largest absolute Gasteiger partial charge is 0.342 e. The Labute approximate surface area is 133 Å². The minimum Gasteiger partial charge on any atom is -0.342 e. The average molecular weight is 327 g/mol. The molecule has 1 aliphatic heterocycles. The molecule has 2 fully saturated rings. The standard InChI is InChI=1S/C15H16Cl2N2O2/c1-2-11-14(20)18-13(8-3-4-8)15(21)19(11)12-7-9(16)5-6-10(12)17/h5-8,11,13H,2-4H2,1H3,(H,18,20). The van der Waals surface area contributed by atoms with Crippen LogP contribution in [0.5, 0.6) is 0 Å². The Balaban J connectivity index is 2.03. The Hall–Kier alpha value is -1.26. The molecule has 1 N–H and O–H groups in total. The Morgan fingerprint density at radius 1 is 1.29 bits per heavy atom. The molecule has 0 radical (unpaired) electrons. The highest BCUT2D eigenvalue weighted by atomic mass is 35.5. The number of nitrogens with zero attached hydrogens (tertiary/aromatic N) is 1. The first kappa shape index (κ1) is 14.7. The number of carbonyl (C=O) groups is 2. The van der Waals surface area contributed by atoms with Gasteiger partial charge in [0.25, 0.3) is 5.91 Å². The third-order valence-electron chi connectivity index (χ3n) is 4.06. The van der Waals surface area contributed by atoms with Gasteiger partial charge in [0.15, 0.2) is 0 Å². The second kappa shape index (κ2) is 5.50. The first-order valence-electron chi connectivity index (χ1n) is 7.11. The van der Waals surface area contributed by atoms with Crippen LogP contribution in [-0.4, -0.2) is 23.9 Å². The van der Waals surface area contributed by atoms with Gasteiger partial charge in [-0.1, -0.05) is 30.1 Å². The van der Waals surface area contributed by atoms with Gasteiger partial charge in [-0.25, -0.2) is 0 Å². The van der Waals surface area contributed by atoms with E-state index < -0.39 is 12.1 Å². The number of amides is 2. The number of carbonyl (C=O) groups excluding carboxylic acids is 2. The Kier molecular flexibility index (Phi) is 3.84. The van der Waals surface area contributed by atoms with Crippen molar-refractivity contribution in [3.05, 3.63) is 28.2 Å².